The number of benzene rings is 2. The molecule has 0 bridgehead atoms. The van der Waals surface area contributed by atoms with Gasteiger partial charge in [-0.3, -0.25) is 0 Å². The summed E-state index contributed by atoms with van der Waals surface area (Å²) in [5.41, 5.74) is 3.39. The second-order valence-electron chi connectivity index (χ2n) is 9.68. The van der Waals surface area contributed by atoms with E-state index < -0.39 is 9.84 Å². The maximum atomic E-state index is 13.0. The van der Waals surface area contributed by atoms with Crippen molar-refractivity contribution in [3.63, 3.8) is 0 Å². The third-order valence-corrected chi connectivity index (χ3v) is 9.08. The molecule has 4 aromatic rings. The van der Waals surface area contributed by atoms with Gasteiger partial charge in [-0.25, -0.2) is 28.4 Å². The Morgan fingerprint density at radius 3 is 2.56 bits per heavy atom. The van der Waals surface area contributed by atoms with Gasteiger partial charge in [0.25, 0.3) is 0 Å². The summed E-state index contributed by atoms with van der Waals surface area (Å²) >= 11 is 6.12. The number of methoxy groups -OCH3 is 1. The van der Waals surface area contributed by atoms with Crippen molar-refractivity contribution in [3.05, 3.63) is 65.1 Å². The van der Waals surface area contributed by atoms with Crippen LogP contribution in [-0.4, -0.2) is 52.7 Å². The molecule has 5 rings (SSSR count). The van der Waals surface area contributed by atoms with E-state index in [0.717, 1.165) is 54.1 Å². The lowest BCUT2D eigenvalue weighted by molar-refractivity contribution is 0.126. The SMILES string of the molecule is CCc1cc(-c2ncc(CS(=O)(=O)c3ccccc3Cl)nc2OC)cc2cnc(NC3CCC(O)CC3)nc12. The first-order valence-electron chi connectivity index (χ1n) is 12.9. The van der Waals surface area contributed by atoms with E-state index in [0.29, 0.717) is 11.6 Å². The average molecular weight is 568 g/mol. The highest BCUT2D eigenvalue weighted by Gasteiger charge is 2.22. The summed E-state index contributed by atoms with van der Waals surface area (Å²) < 4.78 is 31.4. The largest absolute Gasteiger partial charge is 0.479 e. The van der Waals surface area contributed by atoms with Gasteiger partial charge in [0.15, 0.2) is 9.84 Å². The Morgan fingerprint density at radius 2 is 1.85 bits per heavy atom. The van der Waals surface area contributed by atoms with E-state index in [1.165, 1.54) is 19.4 Å². The average Bonchev–Trinajstić information content (AvgIpc) is 2.93. The van der Waals surface area contributed by atoms with E-state index in [4.69, 9.17) is 21.3 Å². The predicted octanol–water partition coefficient (Wildman–Crippen LogP) is 5.00. The molecule has 0 spiro atoms. The van der Waals surface area contributed by atoms with Crippen LogP contribution in [0.3, 0.4) is 0 Å². The van der Waals surface area contributed by atoms with Gasteiger partial charge < -0.3 is 15.2 Å². The van der Waals surface area contributed by atoms with Crippen LogP contribution in [-0.2, 0) is 22.0 Å². The Morgan fingerprint density at radius 1 is 1.08 bits per heavy atom. The van der Waals surface area contributed by atoms with Gasteiger partial charge >= 0.3 is 0 Å². The van der Waals surface area contributed by atoms with Crippen molar-refractivity contribution in [2.45, 2.75) is 61.8 Å². The van der Waals surface area contributed by atoms with Crippen LogP contribution in [0.15, 0.2) is 53.7 Å². The van der Waals surface area contributed by atoms with E-state index in [1.54, 1.807) is 24.4 Å². The number of aliphatic hydroxyl groups excluding tert-OH is 1. The minimum absolute atomic E-state index is 0.0496. The summed E-state index contributed by atoms with van der Waals surface area (Å²) in [5.74, 6) is 0.441. The fraction of sp³-hybridized carbons (Fsp3) is 0.357. The molecule has 2 heterocycles. The van der Waals surface area contributed by atoms with Crippen molar-refractivity contribution >= 4 is 38.3 Å². The van der Waals surface area contributed by atoms with Crippen LogP contribution < -0.4 is 10.1 Å². The van der Waals surface area contributed by atoms with Gasteiger partial charge in [-0.1, -0.05) is 30.7 Å². The summed E-state index contributed by atoms with van der Waals surface area (Å²) in [4.78, 5) is 18.4. The first-order valence-corrected chi connectivity index (χ1v) is 14.9. The monoisotopic (exact) mass is 567 g/mol. The summed E-state index contributed by atoms with van der Waals surface area (Å²) in [7, 11) is -2.25. The number of aliphatic hydroxyl groups is 1. The van der Waals surface area contributed by atoms with Crippen molar-refractivity contribution in [3.8, 4) is 17.1 Å². The number of nitrogens with zero attached hydrogens (tertiary/aromatic N) is 4. The van der Waals surface area contributed by atoms with Gasteiger partial charge in [-0.15, -0.1) is 0 Å². The van der Waals surface area contributed by atoms with Crippen molar-refractivity contribution < 1.29 is 18.3 Å². The molecule has 0 saturated heterocycles. The number of ether oxygens (including phenoxy) is 1. The molecule has 2 N–H and O–H groups in total. The van der Waals surface area contributed by atoms with Crippen LogP contribution in [0.5, 0.6) is 5.88 Å². The molecule has 0 aliphatic heterocycles. The van der Waals surface area contributed by atoms with E-state index >= 15 is 0 Å². The number of halogens is 1. The lowest BCUT2D eigenvalue weighted by atomic mass is 9.93. The fourth-order valence-corrected chi connectivity index (χ4v) is 6.71. The van der Waals surface area contributed by atoms with Crippen molar-refractivity contribution in [1.82, 2.24) is 19.9 Å². The zero-order chi connectivity index (χ0) is 27.6. The molecule has 1 fully saturated rings. The van der Waals surface area contributed by atoms with E-state index in [1.807, 2.05) is 12.1 Å². The Hall–Kier alpha value is -3.34. The number of sulfone groups is 1. The zero-order valence-electron chi connectivity index (χ0n) is 21.8. The van der Waals surface area contributed by atoms with E-state index in [2.05, 4.69) is 27.2 Å². The first-order chi connectivity index (χ1) is 18.8. The third-order valence-electron chi connectivity index (χ3n) is 6.94. The smallest absolute Gasteiger partial charge is 0.240 e. The zero-order valence-corrected chi connectivity index (χ0v) is 23.3. The van der Waals surface area contributed by atoms with Gasteiger partial charge in [0.1, 0.15) is 5.69 Å². The minimum atomic E-state index is -3.73. The standard InChI is InChI=1S/C28H30ClN5O4S/c1-3-17-12-18(13-19-14-31-28(34-25(17)19)33-20-8-10-22(35)11-9-20)26-27(38-2)32-21(15-30-26)16-39(36,37)24-7-5-4-6-23(24)29/h4-7,12-15,20,22,35H,3,8-11,16H2,1-2H3,(H,31,33,34). The molecule has 1 aliphatic rings. The lowest BCUT2D eigenvalue weighted by Crippen LogP contribution is -2.28. The molecule has 204 valence electrons. The second-order valence-corrected chi connectivity index (χ2v) is 12.0. The molecule has 1 aliphatic carbocycles. The number of aromatic nitrogens is 4. The second kappa shape index (κ2) is 11.4. The first kappa shape index (κ1) is 27.2. The topological polar surface area (TPSA) is 127 Å². The Kier molecular flexibility index (Phi) is 7.97. The normalized spacial score (nSPS) is 17.7. The van der Waals surface area contributed by atoms with Crippen LogP contribution >= 0.6 is 11.6 Å². The molecule has 39 heavy (non-hydrogen) atoms. The van der Waals surface area contributed by atoms with Crippen molar-refractivity contribution in [1.29, 1.82) is 0 Å². The third kappa shape index (κ3) is 5.98. The molecule has 1 saturated carbocycles. The van der Waals surface area contributed by atoms with Gasteiger partial charge in [0, 0.05) is 23.2 Å². The van der Waals surface area contributed by atoms with Gasteiger partial charge in [-0.05, 0) is 61.9 Å². The van der Waals surface area contributed by atoms with Crippen LogP contribution in [0.1, 0.15) is 43.9 Å². The maximum Gasteiger partial charge on any atom is 0.240 e. The molecular weight excluding hydrogens is 538 g/mol. The number of nitrogens with one attached hydrogen (secondary N) is 1. The van der Waals surface area contributed by atoms with Crippen LogP contribution in [0, 0.1) is 0 Å². The Labute approximate surface area is 232 Å². The molecule has 0 radical (unpaired) electrons. The van der Waals surface area contributed by atoms with Crippen LogP contribution in [0.25, 0.3) is 22.2 Å². The number of anilines is 1. The van der Waals surface area contributed by atoms with E-state index in [-0.39, 0.29) is 39.4 Å². The molecule has 2 aromatic heterocycles. The van der Waals surface area contributed by atoms with Gasteiger partial charge in [0.2, 0.25) is 11.8 Å². The Bertz CT molecular complexity index is 1610. The van der Waals surface area contributed by atoms with Crippen LogP contribution in [0.4, 0.5) is 5.95 Å². The number of rotatable bonds is 8. The van der Waals surface area contributed by atoms with Gasteiger partial charge in [-0.2, -0.15) is 0 Å². The number of aryl methyl sites for hydroxylation is 1. The summed E-state index contributed by atoms with van der Waals surface area (Å²) in [6.45, 7) is 2.06. The quantitative estimate of drug-likeness (QED) is 0.302. The lowest BCUT2D eigenvalue weighted by Gasteiger charge is -2.26. The van der Waals surface area contributed by atoms with E-state index in [9.17, 15) is 13.5 Å². The van der Waals surface area contributed by atoms with Crippen LogP contribution in [0.2, 0.25) is 5.02 Å². The molecule has 0 unspecified atom stereocenters. The van der Waals surface area contributed by atoms with Crippen molar-refractivity contribution in [2.24, 2.45) is 0 Å². The number of fused-ring (bicyclic) bond motifs is 1. The predicted molar refractivity (Wildman–Crippen MR) is 151 cm³/mol. The molecular formula is C28H30ClN5O4S. The molecule has 0 amide bonds. The van der Waals surface area contributed by atoms with Crippen molar-refractivity contribution in [2.75, 3.05) is 12.4 Å². The summed E-state index contributed by atoms with van der Waals surface area (Å²) in [5, 5.41) is 14.2. The minimum Gasteiger partial charge on any atom is -0.479 e. The highest BCUT2D eigenvalue weighted by molar-refractivity contribution is 7.90. The van der Waals surface area contributed by atoms with Gasteiger partial charge in [0.05, 0.1) is 46.3 Å². The number of hydrogen-bond acceptors (Lipinski definition) is 9. The summed E-state index contributed by atoms with van der Waals surface area (Å²) in [6.07, 6.45) is 7.09. The molecule has 0 atom stereocenters. The fourth-order valence-electron chi connectivity index (χ4n) is 4.88. The molecule has 9 nitrogen and oxygen atoms in total. The highest BCUT2D eigenvalue weighted by atomic mass is 35.5. The number of hydrogen-bond donors (Lipinski definition) is 2. The highest BCUT2D eigenvalue weighted by Crippen LogP contribution is 2.32. The summed E-state index contributed by atoms with van der Waals surface area (Å²) in [6, 6.07) is 10.5. The molecule has 2 aromatic carbocycles. The molecule has 11 heteroatoms. The Balaban J connectivity index is 1.44. The maximum absolute atomic E-state index is 13.0.